The number of amides is 1. The quantitative estimate of drug-likeness (QED) is 0.315. The molecule has 0 saturated heterocycles. The molecule has 1 aliphatic rings. The Balaban J connectivity index is 1.71. The van der Waals surface area contributed by atoms with Crippen LogP contribution in [0.5, 0.6) is 11.5 Å². The summed E-state index contributed by atoms with van der Waals surface area (Å²) >= 11 is 19.8. The molecule has 9 heteroatoms. The second-order valence-corrected chi connectivity index (χ2v) is 10.0. The van der Waals surface area contributed by atoms with E-state index in [0.717, 1.165) is 44.8 Å². The topological polar surface area (TPSA) is 54.6 Å². The summed E-state index contributed by atoms with van der Waals surface area (Å²) in [6.45, 7) is 0.488. The van der Waals surface area contributed by atoms with Crippen molar-refractivity contribution in [1.29, 1.82) is 0 Å². The van der Waals surface area contributed by atoms with Gasteiger partial charge in [-0.05, 0) is 36.2 Å². The molecule has 3 heterocycles. The molecular formula is C24H19Cl3N2O3S. The van der Waals surface area contributed by atoms with E-state index in [0.29, 0.717) is 27.9 Å². The van der Waals surface area contributed by atoms with Crippen molar-refractivity contribution in [2.75, 3.05) is 20.8 Å². The average molecular weight is 522 g/mol. The van der Waals surface area contributed by atoms with Crippen molar-refractivity contribution in [2.45, 2.75) is 12.5 Å². The number of nitrogens with one attached hydrogen (secondary N) is 1. The number of benzene rings is 2. The smallest absolute Gasteiger partial charge is 0.266 e. The molecule has 0 saturated carbocycles. The van der Waals surface area contributed by atoms with E-state index in [-0.39, 0.29) is 16.0 Å². The predicted molar refractivity (Wildman–Crippen MR) is 134 cm³/mol. The standard InChI is InChI=1S/C24H19Cl3N2O3S/c1-31-12-7-8-16-15(11-12)13-9-10-29(24(30)22-18(25)19(26)23(27)33-22)21(20(13)28-16)14-5-3-4-6-17(14)32-2/h3-8,11,21,28H,9-10H2,1-2H3/t21-/m1/s1. The fraction of sp³-hybridized carbons (Fsp3) is 0.208. The van der Waals surface area contributed by atoms with E-state index in [2.05, 4.69) is 4.98 Å². The molecule has 0 unspecified atom stereocenters. The summed E-state index contributed by atoms with van der Waals surface area (Å²) in [5, 5.41) is 1.47. The maximum absolute atomic E-state index is 13.8. The number of hydrogen-bond acceptors (Lipinski definition) is 4. The van der Waals surface area contributed by atoms with Gasteiger partial charge in [0.05, 0.1) is 24.3 Å². The van der Waals surface area contributed by atoms with Gasteiger partial charge in [0, 0.05) is 28.7 Å². The van der Waals surface area contributed by atoms with E-state index in [9.17, 15) is 4.79 Å². The van der Waals surface area contributed by atoms with Crippen LogP contribution in [0.25, 0.3) is 10.9 Å². The zero-order valence-corrected chi connectivity index (χ0v) is 20.8. The first-order chi connectivity index (χ1) is 15.9. The van der Waals surface area contributed by atoms with Crippen LogP contribution >= 0.6 is 46.1 Å². The average Bonchev–Trinajstić information content (AvgIpc) is 3.34. The Kier molecular flexibility index (Phi) is 5.95. The highest BCUT2D eigenvalue weighted by molar-refractivity contribution is 7.19. The third-order valence-corrected chi connectivity index (χ3v) is 8.54. The third kappa shape index (κ3) is 3.66. The Morgan fingerprint density at radius 3 is 2.58 bits per heavy atom. The van der Waals surface area contributed by atoms with Crippen molar-refractivity contribution in [3.8, 4) is 11.5 Å². The normalized spacial score (nSPS) is 15.5. The number of fused-ring (bicyclic) bond motifs is 3. The lowest BCUT2D eigenvalue weighted by atomic mass is 9.91. The van der Waals surface area contributed by atoms with E-state index < -0.39 is 6.04 Å². The molecule has 1 N–H and O–H groups in total. The molecule has 0 radical (unpaired) electrons. The second-order valence-electron chi connectivity index (χ2n) is 7.65. The highest BCUT2D eigenvalue weighted by atomic mass is 35.5. The Hall–Kier alpha value is -2.38. The molecule has 5 nitrogen and oxygen atoms in total. The monoisotopic (exact) mass is 520 g/mol. The Labute approximate surface area is 209 Å². The van der Waals surface area contributed by atoms with Crippen molar-refractivity contribution in [1.82, 2.24) is 9.88 Å². The molecule has 1 atom stereocenters. The van der Waals surface area contributed by atoms with Crippen LogP contribution in [0.15, 0.2) is 42.5 Å². The SMILES string of the molecule is COc1ccc2[nH]c3c(c2c1)CCN(C(=O)c1sc(Cl)c(Cl)c1Cl)[C@@H]3c1ccccc1OC. The van der Waals surface area contributed by atoms with Crippen molar-refractivity contribution in [3.05, 3.63) is 78.5 Å². The lowest BCUT2D eigenvalue weighted by molar-refractivity contribution is 0.0695. The van der Waals surface area contributed by atoms with Gasteiger partial charge in [-0.15, -0.1) is 11.3 Å². The molecule has 0 fully saturated rings. The molecule has 4 aromatic rings. The number of methoxy groups -OCH3 is 2. The Morgan fingerprint density at radius 1 is 1.09 bits per heavy atom. The third-order valence-electron chi connectivity index (χ3n) is 5.98. The minimum absolute atomic E-state index is 0.183. The lowest BCUT2D eigenvalue weighted by Gasteiger charge is -2.36. The number of carbonyl (C=O) groups is 1. The first kappa shape index (κ1) is 22.4. The molecule has 0 aliphatic carbocycles. The van der Waals surface area contributed by atoms with E-state index in [1.54, 1.807) is 19.1 Å². The summed E-state index contributed by atoms with van der Waals surface area (Å²) in [5.74, 6) is 1.25. The van der Waals surface area contributed by atoms with Crippen molar-refractivity contribution in [3.63, 3.8) is 0 Å². The number of H-pyrrole nitrogens is 1. The van der Waals surface area contributed by atoms with Gasteiger partial charge in [0.1, 0.15) is 26.8 Å². The van der Waals surface area contributed by atoms with Gasteiger partial charge in [0.2, 0.25) is 0 Å². The van der Waals surface area contributed by atoms with Crippen molar-refractivity contribution >= 4 is 62.9 Å². The predicted octanol–water partition coefficient (Wildman–Crippen LogP) is 6.99. The summed E-state index contributed by atoms with van der Waals surface area (Å²) < 4.78 is 11.4. The summed E-state index contributed by atoms with van der Waals surface area (Å²) in [6, 6.07) is 13.2. The molecule has 33 heavy (non-hydrogen) atoms. The molecule has 2 aromatic heterocycles. The first-order valence-corrected chi connectivity index (χ1v) is 12.1. The Bertz CT molecular complexity index is 1380. The highest BCUT2D eigenvalue weighted by Crippen LogP contribution is 2.45. The van der Waals surface area contributed by atoms with Crippen LogP contribution in [0, 0.1) is 0 Å². The zero-order chi connectivity index (χ0) is 23.3. The van der Waals surface area contributed by atoms with Crippen LogP contribution in [-0.2, 0) is 6.42 Å². The molecule has 0 spiro atoms. The van der Waals surface area contributed by atoms with E-state index in [4.69, 9.17) is 44.3 Å². The van der Waals surface area contributed by atoms with Crippen LogP contribution < -0.4 is 9.47 Å². The van der Waals surface area contributed by atoms with Gasteiger partial charge < -0.3 is 19.4 Å². The molecule has 5 rings (SSSR count). The molecule has 1 amide bonds. The van der Waals surface area contributed by atoms with Crippen LogP contribution in [0.3, 0.4) is 0 Å². The summed E-state index contributed by atoms with van der Waals surface area (Å²) in [4.78, 5) is 19.4. The van der Waals surface area contributed by atoms with Crippen molar-refractivity contribution in [2.24, 2.45) is 0 Å². The van der Waals surface area contributed by atoms with Crippen molar-refractivity contribution < 1.29 is 14.3 Å². The minimum Gasteiger partial charge on any atom is -0.497 e. The number of hydrogen-bond donors (Lipinski definition) is 1. The van der Waals surface area contributed by atoms with Gasteiger partial charge in [-0.1, -0.05) is 53.0 Å². The van der Waals surface area contributed by atoms with Gasteiger partial charge in [0.25, 0.3) is 5.91 Å². The summed E-state index contributed by atoms with van der Waals surface area (Å²) in [6.07, 6.45) is 0.671. The van der Waals surface area contributed by atoms with Crippen LogP contribution in [0.2, 0.25) is 14.4 Å². The van der Waals surface area contributed by atoms with E-state index in [1.807, 2.05) is 42.5 Å². The number of nitrogens with zero attached hydrogens (tertiary/aromatic N) is 1. The number of rotatable bonds is 4. The van der Waals surface area contributed by atoms with Crippen LogP contribution in [0.1, 0.15) is 32.5 Å². The Morgan fingerprint density at radius 2 is 1.88 bits per heavy atom. The van der Waals surface area contributed by atoms with Gasteiger partial charge in [-0.2, -0.15) is 0 Å². The maximum Gasteiger partial charge on any atom is 0.266 e. The molecule has 1 aliphatic heterocycles. The van der Waals surface area contributed by atoms with E-state index >= 15 is 0 Å². The lowest BCUT2D eigenvalue weighted by Crippen LogP contribution is -2.40. The first-order valence-electron chi connectivity index (χ1n) is 10.2. The number of carbonyl (C=O) groups excluding carboxylic acids is 1. The van der Waals surface area contributed by atoms with E-state index in [1.165, 1.54) is 0 Å². The summed E-state index contributed by atoms with van der Waals surface area (Å²) in [5.41, 5.74) is 3.94. The van der Waals surface area contributed by atoms with Gasteiger partial charge >= 0.3 is 0 Å². The fourth-order valence-corrected chi connectivity index (χ4v) is 6.22. The van der Waals surface area contributed by atoms with Gasteiger partial charge in [0.15, 0.2) is 0 Å². The molecular weight excluding hydrogens is 503 g/mol. The minimum atomic E-state index is -0.411. The number of ether oxygens (including phenoxy) is 2. The largest absolute Gasteiger partial charge is 0.497 e. The number of aromatic amines is 1. The number of aromatic nitrogens is 1. The van der Waals surface area contributed by atoms with Gasteiger partial charge in [-0.25, -0.2) is 0 Å². The van der Waals surface area contributed by atoms with Gasteiger partial charge in [-0.3, -0.25) is 4.79 Å². The number of halogens is 3. The maximum atomic E-state index is 13.8. The highest BCUT2D eigenvalue weighted by Gasteiger charge is 2.38. The molecule has 2 aromatic carbocycles. The van der Waals surface area contributed by atoms with Crippen LogP contribution in [-0.4, -0.2) is 36.6 Å². The second kappa shape index (κ2) is 8.76. The number of thiophene rings is 1. The van der Waals surface area contributed by atoms with Crippen LogP contribution in [0.4, 0.5) is 0 Å². The molecule has 0 bridgehead atoms. The summed E-state index contributed by atoms with van der Waals surface area (Å²) in [7, 11) is 3.28. The molecule has 170 valence electrons. The number of para-hydroxylation sites is 1. The fourth-order valence-electron chi connectivity index (χ4n) is 4.46. The zero-order valence-electron chi connectivity index (χ0n) is 17.7.